The van der Waals surface area contributed by atoms with E-state index in [0.717, 1.165) is 19.3 Å². The van der Waals surface area contributed by atoms with Gasteiger partial charge in [0.05, 0.1) is 12.5 Å². The summed E-state index contributed by atoms with van der Waals surface area (Å²) in [5.74, 6) is 0.622. The van der Waals surface area contributed by atoms with Gasteiger partial charge in [-0.15, -0.1) is 11.6 Å². The molecule has 1 aromatic heterocycles. The fraction of sp³-hybridized carbons (Fsp3) is 0.667. The first kappa shape index (κ1) is 13.5. The van der Waals surface area contributed by atoms with E-state index in [0.29, 0.717) is 12.4 Å². The monoisotopic (exact) mass is 265 g/mol. The highest BCUT2D eigenvalue weighted by Gasteiger charge is 2.21. The third kappa shape index (κ3) is 3.47. The number of hydrogen-bond acceptors (Lipinski definition) is 3. The average Bonchev–Trinajstić information content (AvgIpc) is 2.77. The Bertz CT molecular complexity index is 391. The van der Waals surface area contributed by atoms with Crippen LogP contribution in [0.15, 0.2) is 17.6 Å². The maximum Gasteiger partial charge on any atom is 0.259 e. The Morgan fingerprint density at radius 1 is 1.44 bits per heavy atom. The first-order chi connectivity index (χ1) is 7.59. The summed E-state index contributed by atoms with van der Waals surface area (Å²) in [5.41, 5.74) is 0. The zero-order valence-electron chi connectivity index (χ0n) is 9.19. The van der Waals surface area contributed by atoms with Crippen molar-refractivity contribution in [2.75, 3.05) is 19.5 Å². The van der Waals surface area contributed by atoms with Gasteiger partial charge in [0, 0.05) is 19.5 Å². The Kier molecular flexibility index (Phi) is 5.24. The van der Waals surface area contributed by atoms with Crippen LogP contribution in [0.1, 0.15) is 19.3 Å². The summed E-state index contributed by atoms with van der Waals surface area (Å²) in [6.45, 7) is 0.498. The molecule has 0 aliphatic rings. The molecule has 7 heteroatoms. The van der Waals surface area contributed by atoms with Crippen LogP contribution in [0.3, 0.4) is 0 Å². The molecule has 0 atom stereocenters. The largest absolute Gasteiger partial charge is 0.335 e. The van der Waals surface area contributed by atoms with Crippen LogP contribution in [-0.4, -0.2) is 42.2 Å². The number of hydrogen-bond donors (Lipinski definition) is 1. The molecule has 0 spiro atoms. The maximum absolute atomic E-state index is 11.9. The number of nitrogens with zero attached hydrogens (tertiary/aromatic N) is 2. The minimum Gasteiger partial charge on any atom is -0.335 e. The summed E-state index contributed by atoms with van der Waals surface area (Å²) in [5, 5.41) is 0.132. The first-order valence-electron chi connectivity index (χ1n) is 5.09. The van der Waals surface area contributed by atoms with E-state index in [4.69, 9.17) is 11.6 Å². The Hall–Kier alpha value is -0.590. The topological polar surface area (TPSA) is 66.1 Å². The van der Waals surface area contributed by atoms with E-state index >= 15 is 0 Å². The Balaban J connectivity index is 2.50. The van der Waals surface area contributed by atoms with Crippen molar-refractivity contribution in [3.63, 3.8) is 0 Å². The number of H-pyrrole nitrogens is 1. The Labute approximate surface area is 101 Å². The van der Waals surface area contributed by atoms with Crippen molar-refractivity contribution in [1.29, 1.82) is 0 Å². The quantitative estimate of drug-likeness (QED) is 0.599. The molecule has 0 saturated heterocycles. The fourth-order valence-electron chi connectivity index (χ4n) is 1.28. The van der Waals surface area contributed by atoms with Gasteiger partial charge in [-0.05, 0) is 12.8 Å². The molecular formula is C9H16ClN3O2S. The molecule has 1 N–H and O–H groups in total. The summed E-state index contributed by atoms with van der Waals surface area (Å²) in [6.07, 6.45) is 5.33. The van der Waals surface area contributed by atoms with Crippen molar-refractivity contribution in [3.05, 3.63) is 12.5 Å². The normalized spacial score (nSPS) is 12.2. The van der Waals surface area contributed by atoms with Crippen LogP contribution < -0.4 is 0 Å². The predicted molar refractivity (Wildman–Crippen MR) is 63.0 cm³/mol. The molecule has 16 heavy (non-hydrogen) atoms. The van der Waals surface area contributed by atoms with Crippen molar-refractivity contribution >= 4 is 21.6 Å². The van der Waals surface area contributed by atoms with Crippen molar-refractivity contribution in [2.24, 2.45) is 0 Å². The minimum absolute atomic E-state index is 0.132. The summed E-state index contributed by atoms with van der Waals surface area (Å²) >= 11 is 5.54. The number of aromatic nitrogens is 2. The third-order valence-electron chi connectivity index (χ3n) is 2.27. The molecule has 0 aliphatic carbocycles. The average molecular weight is 266 g/mol. The van der Waals surface area contributed by atoms with Crippen molar-refractivity contribution < 1.29 is 8.42 Å². The van der Waals surface area contributed by atoms with Gasteiger partial charge in [0.2, 0.25) is 0 Å². The second-order valence-electron chi connectivity index (χ2n) is 3.49. The van der Waals surface area contributed by atoms with Crippen LogP contribution >= 0.6 is 11.6 Å². The highest BCUT2D eigenvalue weighted by atomic mass is 35.5. The molecule has 0 aliphatic heterocycles. The predicted octanol–water partition coefficient (Wildman–Crippen LogP) is 1.44. The van der Waals surface area contributed by atoms with E-state index in [1.807, 2.05) is 0 Å². The van der Waals surface area contributed by atoms with Gasteiger partial charge in [-0.25, -0.2) is 13.4 Å². The van der Waals surface area contributed by atoms with Gasteiger partial charge in [-0.3, -0.25) is 0 Å². The van der Waals surface area contributed by atoms with Crippen LogP contribution in [-0.2, 0) is 10.0 Å². The molecule has 92 valence electrons. The van der Waals surface area contributed by atoms with E-state index in [2.05, 4.69) is 9.97 Å². The lowest BCUT2D eigenvalue weighted by molar-refractivity contribution is 0.452. The molecule has 0 unspecified atom stereocenters. The van der Waals surface area contributed by atoms with Crippen molar-refractivity contribution in [1.82, 2.24) is 14.3 Å². The number of alkyl halides is 1. The Morgan fingerprint density at radius 2 is 2.19 bits per heavy atom. The van der Waals surface area contributed by atoms with Gasteiger partial charge in [-0.1, -0.05) is 6.42 Å². The van der Waals surface area contributed by atoms with Gasteiger partial charge in [0.25, 0.3) is 10.0 Å². The molecule has 1 aromatic rings. The number of sulfonamides is 1. The molecule has 1 rings (SSSR count). The zero-order valence-corrected chi connectivity index (χ0v) is 10.8. The van der Waals surface area contributed by atoms with E-state index < -0.39 is 10.0 Å². The van der Waals surface area contributed by atoms with E-state index in [1.54, 1.807) is 7.05 Å². The third-order valence-corrected chi connectivity index (χ3v) is 4.32. The van der Waals surface area contributed by atoms with Crippen LogP contribution in [0.5, 0.6) is 0 Å². The zero-order chi connectivity index (χ0) is 12.0. The molecule has 0 aromatic carbocycles. The van der Waals surface area contributed by atoms with Gasteiger partial charge in [0.15, 0.2) is 5.03 Å². The first-order valence-corrected chi connectivity index (χ1v) is 7.07. The Morgan fingerprint density at radius 3 is 2.75 bits per heavy atom. The lowest BCUT2D eigenvalue weighted by atomic mass is 10.2. The lowest BCUT2D eigenvalue weighted by Gasteiger charge is -2.15. The van der Waals surface area contributed by atoms with Crippen LogP contribution in [0, 0.1) is 0 Å². The molecule has 1 heterocycles. The number of halogens is 1. The highest BCUT2D eigenvalue weighted by Crippen LogP contribution is 2.11. The van der Waals surface area contributed by atoms with Gasteiger partial charge in [-0.2, -0.15) is 4.31 Å². The highest BCUT2D eigenvalue weighted by molar-refractivity contribution is 7.89. The summed E-state index contributed by atoms with van der Waals surface area (Å²) in [4.78, 5) is 6.30. The SMILES string of the molecule is CN(CCCCCCl)S(=O)(=O)c1cnc[nH]1. The molecule has 0 radical (unpaired) electrons. The van der Waals surface area contributed by atoms with E-state index in [-0.39, 0.29) is 5.03 Å². The number of imidazole rings is 1. The molecule has 0 amide bonds. The van der Waals surface area contributed by atoms with Crippen LogP contribution in [0.4, 0.5) is 0 Å². The van der Waals surface area contributed by atoms with Crippen LogP contribution in [0.25, 0.3) is 0 Å². The van der Waals surface area contributed by atoms with Crippen molar-refractivity contribution in [2.45, 2.75) is 24.3 Å². The second kappa shape index (κ2) is 6.22. The summed E-state index contributed by atoms with van der Waals surface area (Å²) < 4.78 is 25.1. The molecular weight excluding hydrogens is 250 g/mol. The fourth-order valence-corrected chi connectivity index (χ4v) is 2.57. The molecule has 0 fully saturated rings. The van der Waals surface area contributed by atoms with E-state index in [1.165, 1.54) is 16.8 Å². The van der Waals surface area contributed by atoms with E-state index in [9.17, 15) is 8.42 Å². The maximum atomic E-state index is 11.9. The molecule has 0 saturated carbocycles. The minimum atomic E-state index is -3.40. The summed E-state index contributed by atoms with van der Waals surface area (Å²) in [6, 6.07) is 0. The number of unbranched alkanes of at least 4 members (excludes halogenated alkanes) is 2. The van der Waals surface area contributed by atoms with Gasteiger partial charge >= 0.3 is 0 Å². The number of rotatable bonds is 7. The smallest absolute Gasteiger partial charge is 0.259 e. The number of aromatic amines is 1. The van der Waals surface area contributed by atoms with Gasteiger partial charge < -0.3 is 4.98 Å². The molecule has 5 nitrogen and oxygen atoms in total. The van der Waals surface area contributed by atoms with Crippen LogP contribution in [0.2, 0.25) is 0 Å². The summed E-state index contributed by atoms with van der Waals surface area (Å²) in [7, 11) is -1.83. The standard InChI is InChI=1S/C9H16ClN3O2S/c1-13(6-4-2-3-5-10)16(14,15)9-7-11-8-12-9/h7-8H,2-6H2,1H3,(H,11,12). The van der Waals surface area contributed by atoms with Crippen molar-refractivity contribution in [3.8, 4) is 0 Å². The van der Waals surface area contributed by atoms with Gasteiger partial charge in [0.1, 0.15) is 0 Å². The number of nitrogens with one attached hydrogen (secondary N) is 1. The lowest BCUT2D eigenvalue weighted by Crippen LogP contribution is -2.28. The molecule has 0 bridgehead atoms. The second-order valence-corrected chi connectivity index (χ2v) is 5.88.